The van der Waals surface area contributed by atoms with Gasteiger partial charge in [-0.15, -0.1) is 0 Å². The molecule has 2 aliphatic rings. The topological polar surface area (TPSA) is 164 Å². The van der Waals surface area contributed by atoms with E-state index >= 15 is 0 Å². The van der Waals surface area contributed by atoms with Crippen molar-refractivity contribution in [3.05, 3.63) is 79.9 Å². The van der Waals surface area contributed by atoms with Crippen LogP contribution < -0.4 is 0 Å². The molecule has 0 radical (unpaired) electrons. The van der Waals surface area contributed by atoms with Gasteiger partial charge < -0.3 is 29.2 Å². The summed E-state index contributed by atoms with van der Waals surface area (Å²) in [5, 5.41) is 42.7. The summed E-state index contributed by atoms with van der Waals surface area (Å²) in [5.41, 5.74) is 0.369. The van der Waals surface area contributed by atoms with E-state index in [0.717, 1.165) is 0 Å². The molecule has 170 valence electrons. The second-order valence-electron chi connectivity index (χ2n) is 7.33. The van der Waals surface area contributed by atoms with Crippen LogP contribution in [-0.4, -0.2) is 57.7 Å². The monoisotopic (exact) mass is 448 g/mol. The maximum atomic E-state index is 11.1. The maximum Gasteiger partial charge on any atom is 0.269 e. The van der Waals surface area contributed by atoms with Gasteiger partial charge in [0.2, 0.25) is 0 Å². The fourth-order valence-electron chi connectivity index (χ4n) is 3.69. The van der Waals surface area contributed by atoms with Gasteiger partial charge in [-0.1, -0.05) is 24.3 Å². The summed E-state index contributed by atoms with van der Waals surface area (Å²) in [5.74, 6) is 0. The Bertz CT molecular complexity index is 946. The van der Waals surface area contributed by atoms with Crippen LogP contribution in [0.4, 0.5) is 11.4 Å². The second-order valence-corrected chi connectivity index (χ2v) is 7.33. The molecule has 2 N–H and O–H groups in total. The molecule has 2 fully saturated rings. The van der Waals surface area contributed by atoms with Gasteiger partial charge in [-0.3, -0.25) is 20.2 Å². The first-order chi connectivity index (χ1) is 15.4. The van der Waals surface area contributed by atoms with E-state index in [1.807, 2.05) is 0 Å². The van der Waals surface area contributed by atoms with E-state index in [1.54, 1.807) is 12.1 Å². The summed E-state index contributed by atoms with van der Waals surface area (Å²) in [6.45, 7) is -0.710. The first kappa shape index (κ1) is 22.2. The first-order valence-electron chi connectivity index (χ1n) is 9.73. The number of rotatable bonds is 5. The molecule has 0 bridgehead atoms. The first-order valence-corrected chi connectivity index (χ1v) is 9.73. The predicted molar refractivity (Wildman–Crippen MR) is 105 cm³/mol. The lowest BCUT2D eigenvalue weighted by atomic mass is 10.0. The van der Waals surface area contributed by atoms with Gasteiger partial charge in [-0.05, 0) is 0 Å². The zero-order valence-corrected chi connectivity index (χ0v) is 16.6. The second kappa shape index (κ2) is 9.24. The summed E-state index contributed by atoms with van der Waals surface area (Å²) in [7, 11) is 0. The molecule has 0 spiro atoms. The number of nitrogens with zero attached hydrogens (tertiary/aromatic N) is 2. The lowest BCUT2D eigenvalue weighted by Gasteiger charge is -2.41. The van der Waals surface area contributed by atoms with Gasteiger partial charge in [-0.2, -0.15) is 0 Å². The maximum absolute atomic E-state index is 11.1. The van der Waals surface area contributed by atoms with Crippen LogP contribution in [0.3, 0.4) is 0 Å². The molecule has 12 nitrogen and oxygen atoms in total. The number of hydrogen-bond donors (Lipinski definition) is 2. The van der Waals surface area contributed by atoms with Gasteiger partial charge in [-0.25, -0.2) is 0 Å². The molecule has 4 rings (SSSR count). The minimum Gasteiger partial charge on any atom is -0.394 e. The quantitative estimate of drug-likeness (QED) is 0.509. The van der Waals surface area contributed by atoms with Crippen molar-refractivity contribution in [1.82, 2.24) is 0 Å². The molecule has 0 saturated carbocycles. The molecule has 6 atom stereocenters. The van der Waals surface area contributed by atoms with Crippen LogP contribution >= 0.6 is 0 Å². The van der Waals surface area contributed by atoms with Crippen molar-refractivity contribution in [1.29, 1.82) is 0 Å². The summed E-state index contributed by atoms with van der Waals surface area (Å²) in [6.07, 6.45) is -6.28. The molecular weight excluding hydrogens is 428 g/mol. The van der Waals surface area contributed by atoms with Crippen LogP contribution in [0.2, 0.25) is 0 Å². The van der Waals surface area contributed by atoms with Gasteiger partial charge in [0.25, 0.3) is 11.4 Å². The average Bonchev–Trinajstić information content (AvgIpc) is 2.97. The van der Waals surface area contributed by atoms with Crippen molar-refractivity contribution in [2.75, 3.05) is 13.2 Å². The van der Waals surface area contributed by atoms with Gasteiger partial charge in [0.05, 0.1) is 23.1 Å². The number of ether oxygens (including phenoxy) is 4. The van der Waals surface area contributed by atoms with Crippen molar-refractivity contribution in [2.45, 2.75) is 37.0 Å². The highest BCUT2D eigenvalue weighted by Crippen LogP contribution is 2.38. The number of nitro benzene ring substituents is 2. The molecular formula is C20H20N2O10. The van der Waals surface area contributed by atoms with Gasteiger partial charge in [0.15, 0.2) is 12.6 Å². The van der Waals surface area contributed by atoms with E-state index in [1.165, 1.54) is 36.4 Å². The summed E-state index contributed by atoms with van der Waals surface area (Å²) in [4.78, 5) is 21.1. The third-order valence-electron chi connectivity index (χ3n) is 5.23. The number of aliphatic hydroxyl groups excluding tert-OH is 2. The highest BCUT2D eigenvalue weighted by atomic mass is 16.8. The molecule has 2 saturated heterocycles. The Morgan fingerprint density at radius 1 is 0.875 bits per heavy atom. The van der Waals surface area contributed by atoms with Crippen LogP contribution in [0.5, 0.6) is 0 Å². The number of nitro groups is 2. The van der Waals surface area contributed by atoms with Crippen LogP contribution in [0.1, 0.15) is 23.7 Å². The number of fused-ring (bicyclic) bond motifs is 1. The number of hydrogen-bond acceptors (Lipinski definition) is 10. The Kier molecular flexibility index (Phi) is 6.41. The molecule has 32 heavy (non-hydrogen) atoms. The normalized spacial score (nSPS) is 30.2. The zero-order chi connectivity index (χ0) is 22.8. The van der Waals surface area contributed by atoms with E-state index in [2.05, 4.69) is 0 Å². The molecule has 0 amide bonds. The van der Waals surface area contributed by atoms with Crippen molar-refractivity contribution in [2.24, 2.45) is 0 Å². The van der Waals surface area contributed by atoms with Crippen LogP contribution in [0.15, 0.2) is 48.5 Å². The molecule has 0 aromatic heterocycles. The standard InChI is InChI=1S/C20H20N2O10/c23-9-16-18-17(31-20(30-16)12-4-2-6-14(8-12)22(27)28)15(24)10-29-19(32-18)11-3-1-5-13(7-11)21(25)26/h1-8,15-20,23-24H,9-10H2/t15-,16+,17-,18-,19?,20?/m0/s1. The highest BCUT2D eigenvalue weighted by molar-refractivity contribution is 5.36. The lowest BCUT2D eigenvalue weighted by Crippen LogP contribution is -2.54. The zero-order valence-electron chi connectivity index (χ0n) is 16.6. The summed E-state index contributed by atoms with van der Waals surface area (Å²) in [6, 6.07) is 11.3. The van der Waals surface area contributed by atoms with Crippen LogP contribution in [0, 0.1) is 20.2 Å². The third kappa shape index (κ3) is 4.46. The Morgan fingerprint density at radius 2 is 1.44 bits per heavy atom. The number of aliphatic hydroxyl groups is 2. The van der Waals surface area contributed by atoms with Crippen molar-refractivity contribution in [3.63, 3.8) is 0 Å². The van der Waals surface area contributed by atoms with Crippen molar-refractivity contribution < 1.29 is 39.0 Å². The Morgan fingerprint density at radius 3 is 2.00 bits per heavy atom. The van der Waals surface area contributed by atoms with Crippen molar-refractivity contribution in [3.8, 4) is 0 Å². The van der Waals surface area contributed by atoms with Gasteiger partial charge in [0.1, 0.15) is 24.4 Å². The third-order valence-corrected chi connectivity index (χ3v) is 5.23. The fraction of sp³-hybridized carbons (Fsp3) is 0.400. The average molecular weight is 448 g/mol. The van der Waals surface area contributed by atoms with Crippen LogP contribution in [-0.2, 0) is 18.9 Å². The van der Waals surface area contributed by atoms with E-state index in [4.69, 9.17) is 18.9 Å². The van der Waals surface area contributed by atoms with E-state index < -0.39 is 53.4 Å². The highest BCUT2D eigenvalue weighted by Gasteiger charge is 2.47. The van der Waals surface area contributed by atoms with Gasteiger partial charge >= 0.3 is 0 Å². The van der Waals surface area contributed by atoms with E-state index in [9.17, 15) is 30.4 Å². The van der Waals surface area contributed by atoms with Gasteiger partial charge in [0, 0.05) is 35.4 Å². The molecule has 12 heteroatoms. The summed E-state index contributed by atoms with van der Waals surface area (Å²) < 4.78 is 23.2. The molecule has 0 aliphatic carbocycles. The minimum atomic E-state index is -1.18. The van der Waals surface area contributed by atoms with Crippen LogP contribution in [0.25, 0.3) is 0 Å². The number of benzene rings is 2. The summed E-state index contributed by atoms with van der Waals surface area (Å²) >= 11 is 0. The lowest BCUT2D eigenvalue weighted by molar-refractivity contribution is -0.385. The minimum absolute atomic E-state index is 0.156. The fourth-order valence-corrected chi connectivity index (χ4v) is 3.69. The number of non-ortho nitro benzene ring substituents is 2. The van der Waals surface area contributed by atoms with E-state index in [-0.39, 0.29) is 18.0 Å². The molecule has 2 aliphatic heterocycles. The molecule has 2 unspecified atom stereocenters. The molecule has 2 aromatic carbocycles. The smallest absolute Gasteiger partial charge is 0.269 e. The molecule has 2 heterocycles. The Hall–Kier alpha value is -3.00. The Labute approximate surface area is 181 Å². The molecule has 2 aromatic rings. The SMILES string of the molecule is O=[N+]([O-])c1cccc(C2OC[C@H](O)[C@@H]3OC(c4cccc([N+](=O)[O-])c4)O[C@H](CO)[C@@H]3O2)c1. The predicted octanol–water partition coefficient (Wildman–Crippen LogP) is 1.75. The van der Waals surface area contributed by atoms with Crippen molar-refractivity contribution >= 4 is 11.4 Å². The van der Waals surface area contributed by atoms with E-state index in [0.29, 0.717) is 11.1 Å². The largest absolute Gasteiger partial charge is 0.394 e. The Balaban J connectivity index is 1.60.